The summed E-state index contributed by atoms with van der Waals surface area (Å²) in [6.07, 6.45) is 3.51. The van der Waals surface area contributed by atoms with Crippen LogP contribution in [0.1, 0.15) is 21.6 Å². The number of hydrogen-bond donors (Lipinski definition) is 2. The lowest BCUT2D eigenvalue weighted by Gasteiger charge is -2.09. The van der Waals surface area contributed by atoms with Crippen molar-refractivity contribution in [3.05, 3.63) is 82.5 Å². The first-order valence-electron chi connectivity index (χ1n) is 8.39. The van der Waals surface area contributed by atoms with E-state index in [-0.39, 0.29) is 17.4 Å². The molecular weight excluding hydrogens is 367 g/mol. The topological polar surface area (TPSA) is 66.9 Å². The van der Waals surface area contributed by atoms with Gasteiger partial charge in [-0.15, -0.1) is 0 Å². The highest BCUT2D eigenvalue weighted by molar-refractivity contribution is 6.30. The number of amides is 1. The molecule has 27 heavy (non-hydrogen) atoms. The maximum atomic E-state index is 12.9. The predicted molar refractivity (Wildman–Crippen MR) is 104 cm³/mol. The molecule has 1 amide bonds. The van der Waals surface area contributed by atoms with Crippen LogP contribution in [0.25, 0.3) is 0 Å². The Hall–Kier alpha value is -2.99. The zero-order valence-corrected chi connectivity index (χ0v) is 15.4. The number of benzene rings is 2. The van der Waals surface area contributed by atoms with Gasteiger partial charge in [0, 0.05) is 17.3 Å². The standard InChI is InChI=1S/C20H18ClFN4O/c1-13-2-5-15(21)10-17(13)26-19-12-24-18(11-25-19)20(27)23-9-8-14-3-6-16(22)7-4-14/h2-7,10-12H,8-9H2,1H3,(H,23,27)(H,25,26). The average molecular weight is 385 g/mol. The average Bonchev–Trinajstić information content (AvgIpc) is 2.67. The molecule has 3 aromatic rings. The Morgan fingerprint density at radius 3 is 2.59 bits per heavy atom. The molecule has 7 heteroatoms. The zero-order valence-electron chi connectivity index (χ0n) is 14.7. The first-order chi connectivity index (χ1) is 13.0. The number of nitrogens with one attached hydrogen (secondary N) is 2. The molecule has 2 N–H and O–H groups in total. The summed E-state index contributed by atoms with van der Waals surface area (Å²) >= 11 is 6.00. The van der Waals surface area contributed by atoms with Crippen LogP contribution in [0.2, 0.25) is 5.02 Å². The molecule has 0 aliphatic carbocycles. The molecule has 0 radical (unpaired) electrons. The molecule has 3 rings (SSSR count). The van der Waals surface area contributed by atoms with Crippen LogP contribution in [-0.4, -0.2) is 22.4 Å². The molecule has 0 unspecified atom stereocenters. The molecule has 0 bridgehead atoms. The van der Waals surface area contributed by atoms with Crippen LogP contribution in [0.3, 0.4) is 0 Å². The molecular formula is C20H18ClFN4O. The Labute approximate surface area is 161 Å². The van der Waals surface area contributed by atoms with Crippen molar-refractivity contribution in [3.8, 4) is 0 Å². The van der Waals surface area contributed by atoms with E-state index in [4.69, 9.17) is 11.6 Å². The largest absolute Gasteiger partial charge is 0.350 e. The van der Waals surface area contributed by atoms with E-state index in [1.807, 2.05) is 19.1 Å². The van der Waals surface area contributed by atoms with Crippen molar-refractivity contribution in [2.24, 2.45) is 0 Å². The third-order valence-corrected chi connectivity index (χ3v) is 4.19. The molecule has 0 aliphatic rings. The van der Waals surface area contributed by atoms with Crippen LogP contribution in [0.15, 0.2) is 54.9 Å². The van der Waals surface area contributed by atoms with Crippen molar-refractivity contribution in [1.82, 2.24) is 15.3 Å². The fourth-order valence-corrected chi connectivity index (χ4v) is 2.61. The van der Waals surface area contributed by atoms with Gasteiger partial charge in [0.15, 0.2) is 0 Å². The number of nitrogens with zero attached hydrogens (tertiary/aromatic N) is 2. The number of aromatic nitrogens is 2. The van der Waals surface area contributed by atoms with E-state index < -0.39 is 0 Å². The summed E-state index contributed by atoms with van der Waals surface area (Å²) in [5.74, 6) is -0.0712. The Kier molecular flexibility index (Phi) is 5.98. The lowest BCUT2D eigenvalue weighted by molar-refractivity contribution is 0.0949. The van der Waals surface area contributed by atoms with Gasteiger partial charge in [0.2, 0.25) is 0 Å². The Bertz CT molecular complexity index is 930. The first kappa shape index (κ1) is 18.8. The predicted octanol–water partition coefficient (Wildman–Crippen LogP) is 4.29. The van der Waals surface area contributed by atoms with E-state index in [1.54, 1.807) is 18.2 Å². The van der Waals surface area contributed by atoms with E-state index >= 15 is 0 Å². The second-order valence-electron chi connectivity index (χ2n) is 6.00. The smallest absolute Gasteiger partial charge is 0.271 e. The third kappa shape index (κ3) is 5.24. The van der Waals surface area contributed by atoms with Gasteiger partial charge in [-0.1, -0.05) is 29.8 Å². The Morgan fingerprint density at radius 1 is 1.11 bits per heavy atom. The van der Waals surface area contributed by atoms with Crippen LogP contribution in [0.5, 0.6) is 0 Å². The molecule has 0 fully saturated rings. The van der Waals surface area contributed by atoms with Crippen LogP contribution in [-0.2, 0) is 6.42 Å². The summed E-state index contributed by atoms with van der Waals surface area (Å²) in [6, 6.07) is 11.7. The number of carbonyl (C=O) groups is 1. The van der Waals surface area contributed by atoms with Gasteiger partial charge in [0.1, 0.15) is 17.3 Å². The summed E-state index contributed by atoms with van der Waals surface area (Å²) in [4.78, 5) is 20.5. The molecule has 1 heterocycles. The van der Waals surface area contributed by atoms with Gasteiger partial charge >= 0.3 is 0 Å². The Morgan fingerprint density at radius 2 is 1.89 bits per heavy atom. The fraction of sp³-hybridized carbons (Fsp3) is 0.150. The van der Waals surface area contributed by atoms with Crippen LogP contribution in [0, 0.1) is 12.7 Å². The summed E-state index contributed by atoms with van der Waals surface area (Å²) < 4.78 is 12.9. The monoisotopic (exact) mass is 384 g/mol. The quantitative estimate of drug-likeness (QED) is 0.665. The molecule has 138 valence electrons. The van der Waals surface area contributed by atoms with E-state index in [1.165, 1.54) is 24.5 Å². The summed E-state index contributed by atoms with van der Waals surface area (Å²) in [7, 11) is 0. The van der Waals surface area contributed by atoms with Crippen molar-refractivity contribution < 1.29 is 9.18 Å². The van der Waals surface area contributed by atoms with E-state index in [2.05, 4.69) is 20.6 Å². The number of hydrogen-bond acceptors (Lipinski definition) is 4. The van der Waals surface area contributed by atoms with Gasteiger partial charge < -0.3 is 10.6 Å². The third-order valence-electron chi connectivity index (χ3n) is 3.96. The minimum Gasteiger partial charge on any atom is -0.350 e. The molecule has 0 spiro atoms. The van der Waals surface area contributed by atoms with Gasteiger partial charge in [-0.25, -0.2) is 14.4 Å². The molecule has 2 aromatic carbocycles. The lowest BCUT2D eigenvalue weighted by atomic mass is 10.1. The number of carbonyl (C=O) groups excluding carboxylic acids is 1. The molecule has 1 aromatic heterocycles. The highest BCUT2D eigenvalue weighted by atomic mass is 35.5. The highest BCUT2D eigenvalue weighted by Gasteiger charge is 2.08. The fourth-order valence-electron chi connectivity index (χ4n) is 2.44. The lowest BCUT2D eigenvalue weighted by Crippen LogP contribution is -2.26. The van der Waals surface area contributed by atoms with Crippen molar-refractivity contribution in [2.45, 2.75) is 13.3 Å². The van der Waals surface area contributed by atoms with E-state index in [0.717, 1.165) is 16.8 Å². The molecule has 0 aliphatic heterocycles. The maximum absolute atomic E-state index is 12.9. The van der Waals surface area contributed by atoms with Crippen molar-refractivity contribution in [3.63, 3.8) is 0 Å². The maximum Gasteiger partial charge on any atom is 0.271 e. The summed E-state index contributed by atoms with van der Waals surface area (Å²) in [6.45, 7) is 2.38. The van der Waals surface area contributed by atoms with Crippen LogP contribution in [0.4, 0.5) is 15.9 Å². The number of anilines is 2. The van der Waals surface area contributed by atoms with Gasteiger partial charge in [0.05, 0.1) is 12.4 Å². The number of rotatable bonds is 6. The molecule has 5 nitrogen and oxygen atoms in total. The normalized spacial score (nSPS) is 10.5. The second-order valence-corrected chi connectivity index (χ2v) is 6.44. The van der Waals surface area contributed by atoms with Crippen LogP contribution >= 0.6 is 11.6 Å². The minimum atomic E-state index is -0.310. The number of aryl methyl sites for hydroxylation is 1. The Balaban J connectivity index is 1.55. The van der Waals surface area contributed by atoms with E-state index in [9.17, 15) is 9.18 Å². The number of halogens is 2. The van der Waals surface area contributed by atoms with Crippen molar-refractivity contribution in [1.29, 1.82) is 0 Å². The highest BCUT2D eigenvalue weighted by Crippen LogP contribution is 2.22. The van der Waals surface area contributed by atoms with Crippen molar-refractivity contribution in [2.75, 3.05) is 11.9 Å². The van der Waals surface area contributed by atoms with Crippen molar-refractivity contribution >= 4 is 29.0 Å². The van der Waals surface area contributed by atoms with Gasteiger partial charge in [-0.3, -0.25) is 4.79 Å². The molecule has 0 atom stereocenters. The van der Waals surface area contributed by atoms with Crippen LogP contribution < -0.4 is 10.6 Å². The van der Waals surface area contributed by atoms with Gasteiger partial charge in [-0.2, -0.15) is 0 Å². The first-order valence-corrected chi connectivity index (χ1v) is 8.77. The second kappa shape index (κ2) is 8.60. The van der Waals surface area contributed by atoms with E-state index in [0.29, 0.717) is 23.8 Å². The minimum absolute atomic E-state index is 0.225. The SMILES string of the molecule is Cc1ccc(Cl)cc1Nc1cnc(C(=O)NCCc2ccc(F)cc2)cn1. The molecule has 0 saturated heterocycles. The zero-order chi connectivity index (χ0) is 19.2. The molecule has 0 saturated carbocycles. The summed E-state index contributed by atoms with van der Waals surface area (Å²) in [5.41, 5.74) is 3.01. The van der Waals surface area contributed by atoms with Gasteiger partial charge in [0.25, 0.3) is 5.91 Å². The summed E-state index contributed by atoms with van der Waals surface area (Å²) in [5, 5.41) is 6.52. The van der Waals surface area contributed by atoms with Gasteiger partial charge in [-0.05, 0) is 48.7 Å².